The summed E-state index contributed by atoms with van der Waals surface area (Å²) < 4.78 is 22.0. The van der Waals surface area contributed by atoms with E-state index in [0.717, 1.165) is 37.7 Å². The predicted octanol–water partition coefficient (Wildman–Crippen LogP) is 7.45. The number of rotatable bonds is 7. The molecule has 2 heterocycles. The minimum Gasteiger partial charge on any atom is -0.481 e. The van der Waals surface area contributed by atoms with Gasteiger partial charge in [-0.25, -0.2) is 4.79 Å². The minimum absolute atomic E-state index is 0.0125. The molecule has 1 aromatic heterocycles. The smallest absolute Gasteiger partial charge is 0.481 e. The fourth-order valence-corrected chi connectivity index (χ4v) is 13.5. The molecule has 1 N–H and O–H groups in total. The van der Waals surface area contributed by atoms with Crippen LogP contribution in [-0.4, -0.2) is 59.4 Å². The number of carbonyl (C=O) groups excluding carboxylic acids is 3. The van der Waals surface area contributed by atoms with Crippen LogP contribution < -0.4 is 5.82 Å². The maximum Gasteiger partial charge on any atom is 0.519 e. The fraction of sp³-hybridized carbons (Fsp3) is 0.791. The normalized spacial score (nSPS) is 43.3. The van der Waals surface area contributed by atoms with Crippen LogP contribution >= 0.6 is 0 Å². The van der Waals surface area contributed by atoms with Gasteiger partial charge in [0.25, 0.3) is 0 Å². The number of allylic oxidation sites excluding steroid dienone is 2. The number of nitrogens with zero attached hydrogens (tertiary/aromatic N) is 1. The molecule has 0 bridgehead atoms. The van der Waals surface area contributed by atoms with Crippen molar-refractivity contribution in [2.75, 3.05) is 13.7 Å². The van der Waals surface area contributed by atoms with Crippen molar-refractivity contribution in [2.24, 2.45) is 50.2 Å². The molecule has 0 amide bonds. The van der Waals surface area contributed by atoms with Gasteiger partial charge in [-0.1, -0.05) is 47.1 Å². The first-order chi connectivity index (χ1) is 25.2. The Morgan fingerprint density at radius 3 is 2.31 bits per heavy atom. The van der Waals surface area contributed by atoms with E-state index >= 15 is 4.79 Å². The summed E-state index contributed by atoms with van der Waals surface area (Å²) in [6, 6.07) is -0.819. The van der Waals surface area contributed by atoms with Crippen molar-refractivity contribution in [1.82, 2.24) is 4.90 Å². The van der Waals surface area contributed by atoms with Gasteiger partial charge in [-0.05, 0) is 131 Å². The molecule has 1 aromatic rings. The third kappa shape index (κ3) is 5.39. The third-order valence-corrected chi connectivity index (χ3v) is 16.9. The molecule has 11 heteroatoms. The van der Waals surface area contributed by atoms with Crippen LogP contribution in [0.15, 0.2) is 25.3 Å². The molecule has 1 aliphatic heterocycles. The zero-order chi connectivity index (χ0) is 39.4. The Balaban J connectivity index is 1.29. The molecule has 0 radical (unpaired) electrons. The van der Waals surface area contributed by atoms with Gasteiger partial charge in [0.15, 0.2) is 23.9 Å². The number of fused-ring (bicyclic) bond motifs is 7. The quantitative estimate of drug-likeness (QED) is 0.277. The monoisotopic (exact) mass is 751 g/mol. The van der Waals surface area contributed by atoms with E-state index in [0.29, 0.717) is 50.8 Å². The van der Waals surface area contributed by atoms with Gasteiger partial charge in [0, 0.05) is 17.9 Å². The van der Waals surface area contributed by atoms with E-state index < -0.39 is 45.5 Å². The second-order valence-electron chi connectivity index (χ2n) is 19.8. The van der Waals surface area contributed by atoms with Crippen LogP contribution in [-0.2, 0) is 35.3 Å². The van der Waals surface area contributed by atoms with Gasteiger partial charge >= 0.3 is 23.7 Å². The van der Waals surface area contributed by atoms with Crippen molar-refractivity contribution < 1.29 is 42.6 Å². The Kier molecular flexibility index (Phi) is 9.34. The largest absolute Gasteiger partial charge is 0.519 e. The van der Waals surface area contributed by atoms with Gasteiger partial charge in [0.2, 0.25) is 0 Å². The van der Waals surface area contributed by atoms with Gasteiger partial charge in [-0.3, -0.25) is 24.1 Å². The molecule has 1 saturated heterocycles. The van der Waals surface area contributed by atoms with Crippen LogP contribution in [0, 0.1) is 50.2 Å². The number of hydrogen-bond acceptors (Lipinski definition) is 10. The highest BCUT2D eigenvalue weighted by molar-refractivity contribution is 5.96. The summed E-state index contributed by atoms with van der Waals surface area (Å²) in [5, 5.41) is 10.3. The Hall–Kier alpha value is -3.21. The first-order valence-electron chi connectivity index (χ1n) is 20.3. The standard InChI is InChI=1S/C43H61NO10/c1-24(2)32-29(53-37(50)54-32)23-52-36(49)43(8)30-12-15-42(7)33(40(30,5)14-13-31(43)44-20-10-11-27(44)34(46)51-9)28(45)21-25-26-22-39(4,35(47)48)17-16-38(26,3)18-19-41(25,42)6/h21,24,26-27,30-31,33H,10-20,22-23H2,1-9H3,(H,47,48)/t26-,27-,30+,31-,33+,38+,39-,40-,41+,42+,43-/m0/s1. The molecule has 54 heavy (non-hydrogen) atoms. The molecular weight excluding hydrogens is 690 g/mol. The minimum atomic E-state index is -1.12. The van der Waals surface area contributed by atoms with E-state index in [1.54, 1.807) is 0 Å². The lowest BCUT2D eigenvalue weighted by atomic mass is 9.33. The van der Waals surface area contributed by atoms with E-state index in [2.05, 4.69) is 32.6 Å². The number of aliphatic carboxylic acids is 1. The highest BCUT2D eigenvalue weighted by Gasteiger charge is 2.72. The van der Waals surface area contributed by atoms with Crippen LogP contribution in [0.3, 0.4) is 0 Å². The number of carboxylic acid groups (broad SMARTS) is 1. The van der Waals surface area contributed by atoms with Crippen LogP contribution in [0.4, 0.5) is 0 Å². The van der Waals surface area contributed by atoms with Crippen molar-refractivity contribution in [1.29, 1.82) is 0 Å². The van der Waals surface area contributed by atoms with Gasteiger partial charge in [-0.2, -0.15) is 0 Å². The predicted molar refractivity (Wildman–Crippen MR) is 198 cm³/mol. The number of ether oxygens (including phenoxy) is 2. The average Bonchev–Trinajstić information content (AvgIpc) is 3.75. The van der Waals surface area contributed by atoms with Crippen molar-refractivity contribution in [3.63, 3.8) is 0 Å². The van der Waals surface area contributed by atoms with E-state index in [1.165, 1.54) is 7.11 Å². The lowest BCUT2D eigenvalue weighted by Crippen LogP contribution is -2.70. The van der Waals surface area contributed by atoms with Gasteiger partial charge in [0.05, 0.1) is 17.9 Å². The maximum absolute atomic E-state index is 15.0. The van der Waals surface area contributed by atoms with Crippen LogP contribution in [0.1, 0.15) is 143 Å². The first-order valence-corrected chi connectivity index (χ1v) is 20.3. The summed E-state index contributed by atoms with van der Waals surface area (Å²) in [5.74, 6) is -2.49. The highest BCUT2D eigenvalue weighted by atomic mass is 16.6. The lowest BCUT2D eigenvalue weighted by Gasteiger charge is -2.70. The Morgan fingerprint density at radius 1 is 0.944 bits per heavy atom. The highest BCUT2D eigenvalue weighted by Crippen LogP contribution is 2.75. The number of hydrogen-bond donors (Lipinski definition) is 1. The number of carbonyl (C=O) groups is 4. The lowest BCUT2D eigenvalue weighted by molar-refractivity contribution is -0.213. The van der Waals surface area contributed by atoms with Crippen molar-refractivity contribution in [3.05, 3.63) is 33.8 Å². The van der Waals surface area contributed by atoms with Crippen LogP contribution in [0.2, 0.25) is 0 Å². The van der Waals surface area contributed by atoms with Gasteiger partial charge in [-0.15, -0.1) is 0 Å². The van der Waals surface area contributed by atoms with E-state index in [4.69, 9.17) is 18.3 Å². The van der Waals surface area contributed by atoms with Crippen molar-refractivity contribution in [3.8, 4) is 0 Å². The summed E-state index contributed by atoms with van der Waals surface area (Å²) in [7, 11) is 1.40. The molecule has 6 aliphatic rings. The SMILES string of the molecule is COC(=O)[C@@H]1CCCN1[C@H]1CC[C@@]2(C)[C@@H](CC[C@]3(C)[C@@H]2C(=O)C=C2[C@@H]4C[C@@](C)(C(=O)O)CC[C@]4(C)CC[C@]23C)[C@]1(C)C(=O)OCc1oc(=O)oc1C(C)C. The molecule has 0 unspecified atom stereocenters. The Morgan fingerprint density at radius 2 is 1.65 bits per heavy atom. The van der Waals surface area contributed by atoms with Gasteiger partial charge in [0.1, 0.15) is 6.04 Å². The fourth-order valence-electron chi connectivity index (χ4n) is 13.5. The van der Waals surface area contributed by atoms with Crippen molar-refractivity contribution >= 4 is 23.7 Å². The third-order valence-electron chi connectivity index (χ3n) is 16.9. The van der Waals surface area contributed by atoms with E-state index in [-0.39, 0.29) is 64.7 Å². The molecule has 4 saturated carbocycles. The molecule has 11 nitrogen and oxygen atoms in total. The van der Waals surface area contributed by atoms with Crippen LogP contribution in [0.5, 0.6) is 0 Å². The molecule has 11 atom stereocenters. The number of carboxylic acids is 1. The molecule has 298 valence electrons. The summed E-state index contributed by atoms with van der Waals surface area (Å²) >= 11 is 0. The molecule has 5 fully saturated rings. The zero-order valence-electron chi connectivity index (χ0n) is 33.8. The first kappa shape index (κ1) is 39.0. The zero-order valence-corrected chi connectivity index (χ0v) is 33.8. The molecule has 0 spiro atoms. The molecule has 7 rings (SSSR count). The molecule has 0 aromatic carbocycles. The topological polar surface area (TPSA) is 154 Å². The summed E-state index contributed by atoms with van der Waals surface area (Å²) in [5.41, 5.74) is -2.16. The number of methoxy groups -OCH3 is 1. The van der Waals surface area contributed by atoms with E-state index in [9.17, 15) is 24.3 Å². The van der Waals surface area contributed by atoms with E-state index in [1.807, 2.05) is 33.8 Å². The van der Waals surface area contributed by atoms with Gasteiger partial charge < -0.3 is 23.4 Å². The summed E-state index contributed by atoms with van der Waals surface area (Å²) in [6.07, 6.45) is 9.99. The Labute approximate surface area is 318 Å². The van der Waals surface area contributed by atoms with Crippen LogP contribution in [0.25, 0.3) is 0 Å². The average molecular weight is 752 g/mol. The maximum atomic E-state index is 15.0. The summed E-state index contributed by atoms with van der Waals surface area (Å²) in [6.45, 7) is 17.1. The number of esters is 2. The Bertz CT molecular complexity index is 1820. The molecule has 5 aliphatic carbocycles. The number of ketones is 1. The molecular formula is C43H61NO10. The second-order valence-corrected chi connectivity index (χ2v) is 19.8. The number of likely N-dealkylation sites (tertiary alicyclic amines) is 1. The summed E-state index contributed by atoms with van der Waals surface area (Å²) in [4.78, 5) is 70.0. The second kappa shape index (κ2) is 12.9. The van der Waals surface area contributed by atoms with Crippen molar-refractivity contribution in [2.45, 2.75) is 151 Å².